The van der Waals surface area contributed by atoms with Crippen LogP contribution in [-0.2, 0) is 11.3 Å². The zero-order valence-electron chi connectivity index (χ0n) is 14.2. The van der Waals surface area contributed by atoms with Gasteiger partial charge in [-0.2, -0.15) is 0 Å². The van der Waals surface area contributed by atoms with Gasteiger partial charge in [0.25, 0.3) is 5.56 Å². The Labute approximate surface area is 142 Å². The first-order valence-corrected chi connectivity index (χ1v) is 8.36. The maximum absolute atomic E-state index is 12.5. The Balaban J connectivity index is 1.76. The minimum absolute atomic E-state index is 0.0178. The van der Waals surface area contributed by atoms with Gasteiger partial charge < -0.3 is 19.4 Å². The van der Waals surface area contributed by atoms with Gasteiger partial charge in [-0.3, -0.25) is 4.79 Å². The second kappa shape index (κ2) is 7.53. The molecule has 1 aromatic carbocycles. The highest BCUT2D eigenvalue weighted by Crippen LogP contribution is 2.19. The van der Waals surface area contributed by atoms with Crippen molar-refractivity contribution in [3.8, 4) is 5.75 Å². The van der Waals surface area contributed by atoms with E-state index in [1.165, 1.54) is 0 Å². The molecule has 1 fully saturated rings. The van der Waals surface area contributed by atoms with Crippen LogP contribution < -0.4 is 15.6 Å². The number of para-hydroxylation sites is 1. The lowest BCUT2D eigenvalue weighted by Crippen LogP contribution is -2.24. The first-order valence-electron chi connectivity index (χ1n) is 8.36. The fourth-order valence-corrected chi connectivity index (χ4v) is 3.08. The molecule has 1 aromatic heterocycles. The molecule has 3 rings (SSSR count). The Morgan fingerprint density at radius 2 is 2.17 bits per heavy atom. The number of aryl methyl sites for hydroxylation is 1. The fourth-order valence-electron chi connectivity index (χ4n) is 3.08. The van der Waals surface area contributed by atoms with E-state index in [-0.39, 0.29) is 11.7 Å². The molecule has 2 heterocycles. The molecule has 1 N–H and O–H groups in total. The second-order valence-electron chi connectivity index (χ2n) is 6.14. The van der Waals surface area contributed by atoms with Crippen molar-refractivity contribution in [2.24, 2.45) is 0 Å². The van der Waals surface area contributed by atoms with E-state index in [1.54, 1.807) is 17.7 Å². The van der Waals surface area contributed by atoms with Gasteiger partial charge in [-0.15, -0.1) is 0 Å². The molecule has 1 aliphatic rings. The summed E-state index contributed by atoms with van der Waals surface area (Å²) in [4.78, 5) is 12.5. The van der Waals surface area contributed by atoms with Gasteiger partial charge in [0.15, 0.2) is 0 Å². The van der Waals surface area contributed by atoms with Gasteiger partial charge in [-0.05, 0) is 31.9 Å². The zero-order valence-corrected chi connectivity index (χ0v) is 14.2. The first-order chi connectivity index (χ1) is 11.7. The van der Waals surface area contributed by atoms with Crippen LogP contribution in [0.2, 0.25) is 0 Å². The Morgan fingerprint density at radius 3 is 2.88 bits per heavy atom. The molecule has 1 aliphatic heterocycles. The lowest BCUT2D eigenvalue weighted by atomic mass is 10.2. The summed E-state index contributed by atoms with van der Waals surface area (Å²) < 4.78 is 12.7. The van der Waals surface area contributed by atoms with Gasteiger partial charge in [0.1, 0.15) is 5.75 Å². The van der Waals surface area contributed by atoms with Crippen molar-refractivity contribution in [1.29, 1.82) is 0 Å². The minimum Gasteiger partial charge on any atom is -0.496 e. The second-order valence-corrected chi connectivity index (χ2v) is 6.14. The van der Waals surface area contributed by atoms with Crippen LogP contribution >= 0.6 is 0 Å². The molecule has 1 saturated heterocycles. The van der Waals surface area contributed by atoms with E-state index in [1.807, 2.05) is 37.3 Å². The number of pyridine rings is 1. The minimum atomic E-state index is -0.0178. The van der Waals surface area contributed by atoms with Crippen LogP contribution in [0.15, 0.2) is 41.2 Å². The predicted molar refractivity (Wildman–Crippen MR) is 95.0 cm³/mol. The third-order valence-corrected chi connectivity index (χ3v) is 4.41. The number of nitrogens with one attached hydrogen (secondary N) is 1. The lowest BCUT2D eigenvalue weighted by Gasteiger charge is -2.16. The average molecular weight is 328 g/mol. The number of hydrogen-bond acceptors (Lipinski definition) is 4. The number of aromatic nitrogens is 1. The third-order valence-electron chi connectivity index (χ3n) is 4.41. The lowest BCUT2D eigenvalue weighted by molar-refractivity contribution is 0.120. The van der Waals surface area contributed by atoms with E-state index < -0.39 is 0 Å². The number of hydrogen-bond donors (Lipinski definition) is 1. The van der Waals surface area contributed by atoms with Crippen molar-refractivity contribution < 1.29 is 9.47 Å². The molecule has 5 heteroatoms. The van der Waals surface area contributed by atoms with E-state index >= 15 is 0 Å². The van der Waals surface area contributed by atoms with Crippen molar-refractivity contribution in [1.82, 2.24) is 4.57 Å². The largest absolute Gasteiger partial charge is 0.496 e. The number of anilines is 1. The summed E-state index contributed by atoms with van der Waals surface area (Å²) in [6, 6.07) is 11.4. The molecule has 0 spiro atoms. The molecule has 0 bridgehead atoms. The highest BCUT2D eigenvalue weighted by atomic mass is 16.5. The Morgan fingerprint density at radius 1 is 1.33 bits per heavy atom. The molecular weight excluding hydrogens is 304 g/mol. The molecular formula is C19H24N2O3. The van der Waals surface area contributed by atoms with Crippen LogP contribution in [0, 0.1) is 6.92 Å². The molecule has 24 heavy (non-hydrogen) atoms. The summed E-state index contributed by atoms with van der Waals surface area (Å²) in [5.41, 5.74) is 2.74. The molecule has 0 aliphatic carbocycles. The topological polar surface area (TPSA) is 52.5 Å². The summed E-state index contributed by atoms with van der Waals surface area (Å²) in [5.74, 6) is 0.796. The van der Waals surface area contributed by atoms with Crippen molar-refractivity contribution in [2.75, 3.05) is 25.6 Å². The fraction of sp³-hybridized carbons (Fsp3) is 0.421. The van der Waals surface area contributed by atoms with Gasteiger partial charge in [0.05, 0.1) is 19.8 Å². The molecule has 1 atom stereocenters. The number of benzene rings is 1. The Kier molecular flexibility index (Phi) is 5.20. The van der Waals surface area contributed by atoms with Crippen molar-refractivity contribution in [3.63, 3.8) is 0 Å². The van der Waals surface area contributed by atoms with Crippen molar-refractivity contribution in [2.45, 2.75) is 32.4 Å². The van der Waals surface area contributed by atoms with Crippen molar-refractivity contribution in [3.05, 3.63) is 58.0 Å². The Bertz CT molecular complexity index is 749. The van der Waals surface area contributed by atoms with Crippen LogP contribution in [-0.4, -0.2) is 30.9 Å². The van der Waals surface area contributed by atoms with E-state index in [9.17, 15) is 4.79 Å². The molecule has 5 nitrogen and oxygen atoms in total. The van der Waals surface area contributed by atoms with Gasteiger partial charge >= 0.3 is 0 Å². The van der Waals surface area contributed by atoms with Crippen molar-refractivity contribution >= 4 is 5.69 Å². The summed E-state index contributed by atoms with van der Waals surface area (Å²) in [5, 5.41) is 3.32. The van der Waals surface area contributed by atoms with Crippen LogP contribution in [0.25, 0.3) is 0 Å². The SMILES string of the molecule is COc1ccccc1Cn1c(C)cc(NCC2CCCO2)cc1=O. The summed E-state index contributed by atoms with van der Waals surface area (Å²) in [6.07, 6.45) is 2.45. The zero-order chi connectivity index (χ0) is 16.9. The molecule has 128 valence electrons. The normalized spacial score (nSPS) is 17.0. The average Bonchev–Trinajstić information content (AvgIpc) is 3.10. The van der Waals surface area contributed by atoms with E-state index in [0.29, 0.717) is 6.54 Å². The number of ether oxygens (including phenoxy) is 2. The number of rotatable bonds is 6. The monoisotopic (exact) mass is 328 g/mol. The van der Waals surface area contributed by atoms with E-state index in [4.69, 9.17) is 9.47 Å². The standard InChI is InChI=1S/C19H24N2O3/c1-14-10-16(20-12-17-7-5-9-24-17)11-19(22)21(14)13-15-6-3-4-8-18(15)23-2/h3-4,6,8,10-11,17,20H,5,7,9,12-13H2,1-2H3. The maximum atomic E-state index is 12.5. The highest BCUT2D eigenvalue weighted by molar-refractivity contribution is 5.44. The molecule has 2 aromatic rings. The maximum Gasteiger partial charge on any atom is 0.253 e. The molecule has 0 amide bonds. The van der Waals surface area contributed by atoms with Gasteiger partial charge in [0.2, 0.25) is 0 Å². The third kappa shape index (κ3) is 3.79. The Hall–Kier alpha value is -2.27. The quantitative estimate of drug-likeness (QED) is 0.886. The van der Waals surface area contributed by atoms with Crippen LogP contribution in [0.5, 0.6) is 5.75 Å². The molecule has 0 radical (unpaired) electrons. The summed E-state index contributed by atoms with van der Waals surface area (Å²) in [6.45, 7) is 4.04. The molecule has 0 saturated carbocycles. The smallest absolute Gasteiger partial charge is 0.253 e. The first kappa shape index (κ1) is 16.6. The van der Waals surface area contributed by atoms with E-state index in [2.05, 4.69) is 5.32 Å². The van der Waals surface area contributed by atoms with Gasteiger partial charge in [-0.25, -0.2) is 0 Å². The predicted octanol–water partition coefficient (Wildman–Crippen LogP) is 2.80. The highest BCUT2D eigenvalue weighted by Gasteiger charge is 2.15. The molecule has 1 unspecified atom stereocenters. The summed E-state index contributed by atoms with van der Waals surface area (Å²) >= 11 is 0. The summed E-state index contributed by atoms with van der Waals surface area (Å²) in [7, 11) is 1.65. The van der Waals surface area contributed by atoms with Gasteiger partial charge in [-0.1, -0.05) is 18.2 Å². The van der Waals surface area contributed by atoms with E-state index in [0.717, 1.165) is 48.7 Å². The van der Waals surface area contributed by atoms with Crippen LogP contribution in [0.3, 0.4) is 0 Å². The van der Waals surface area contributed by atoms with Crippen LogP contribution in [0.1, 0.15) is 24.1 Å². The number of nitrogens with zero attached hydrogens (tertiary/aromatic N) is 1. The van der Waals surface area contributed by atoms with Crippen LogP contribution in [0.4, 0.5) is 5.69 Å². The number of methoxy groups -OCH3 is 1. The van der Waals surface area contributed by atoms with Gasteiger partial charge in [0, 0.05) is 36.2 Å².